The number of hydrogen-bond donors (Lipinski definition) is 1. The number of halogens is 2. The molecule has 0 aliphatic carbocycles. The summed E-state index contributed by atoms with van der Waals surface area (Å²) in [5.41, 5.74) is 4.65. The second-order valence-electron chi connectivity index (χ2n) is 1.27. The maximum atomic E-state index is 11.9. The maximum Gasteiger partial charge on any atom is 0.282 e. The highest BCUT2D eigenvalue weighted by atomic mass is 35.5. The fraction of sp³-hybridized carbons (Fsp3) is 0.250. The lowest BCUT2D eigenvalue weighted by Gasteiger charge is -1.87. The number of hydrogen-bond acceptors (Lipinski definition) is 2. The second-order valence-corrected chi connectivity index (χ2v) is 1.61. The number of nitrogens with two attached hydrogens (primary N) is 1. The number of carbonyl (C=O) groups is 1. The van der Waals surface area contributed by atoms with Gasteiger partial charge in [-0.3, -0.25) is 4.79 Å². The van der Waals surface area contributed by atoms with Crippen LogP contribution < -0.4 is 5.73 Å². The standard InChI is InChI=1S/C4H5ClFNO/c1-2(7)3(6)4(5)8/h7H2,1H3. The lowest BCUT2D eigenvalue weighted by molar-refractivity contribution is -0.109. The van der Waals surface area contributed by atoms with Crippen molar-refractivity contribution in [2.24, 2.45) is 5.73 Å². The van der Waals surface area contributed by atoms with Crippen LogP contribution >= 0.6 is 11.6 Å². The monoisotopic (exact) mass is 137 g/mol. The van der Waals surface area contributed by atoms with Gasteiger partial charge in [0.05, 0.1) is 0 Å². The van der Waals surface area contributed by atoms with E-state index in [9.17, 15) is 9.18 Å². The van der Waals surface area contributed by atoms with Gasteiger partial charge in [0.1, 0.15) is 0 Å². The van der Waals surface area contributed by atoms with E-state index in [-0.39, 0.29) is 5.70 Å². The van der Waals surface area contributed by atoms with Crippen molar-refractivity contribution >= 4 is 16.8 Å². The Morgan fingerprint density at radius 2 is 2.12 bits per heavy atom. The van der Waals surface area contributed by atoms with Crippen LogP contribution in [0.15, 0.2) is 11.5 Å². The molecule has 4 heteroatoms. The molecule has 0 rings (SSSR count). The Balaban J connectivity index is 4.23. The van der Waals surface area contributed by atoms with Gasteiger partial charge in [-0.1, -0.05) is 0 Å². The minimum atomic E-state index is -1.15. The Morgan fingerprint density at radius 1 is 1.75 bits per heavy atom. The smallest absolute Gasteiger partial charge is 0.282 e. The highest BCUT2D eigenvalue weighted by Crippen LogP contribution is 2.03. The van der Waals surface area contributed by atoms with Gasteiger partial charge in [0.25, 0.3) is 5.24 Å². The fourth-order valence-corrected chi connectivity index (χ4v) is 0.304. The van der Waals surface area contributed by atoms with Crippen molar-refractivity contribution in [1.82, 2.24) is 0 Å². The van der Waals surface area contributed by atoms with Crippen LogP contribution in [0.2, 0.25) is 0 Å². The quantitative estimate of drug-likeness (QED) is 0.431. The molecule has 0 aromatic rings. The Labute approximate surface area is 51.1 Å². The molecule has 0 aromatic heterocycles. The molecule has 0 aliphatic rings. The van der Waals surface area contributed by atoms with Crippen LogP contribution in [0.5, 0.6) is 0 Å². The van der Waals surface area contributed by atoms with Gasteiger partial charge in [-0.25, -0.2) is 0 Å². The molecule has 0 aromatic carbocycles. The predicted molar refractivity (Wildman–Crippen MR) is 28.9 cm³/mol. The van der Waals surface area contributed by atoms with Crippen molar-refractivity contribution in [1.29, 1.82) is 0 Å². The fourth-order valence-electron chi connectivity index (χ4n) is 0.155. The van der Waals surface area contributed by atoms with E-state index in [0.717, 1.165) is 0 Å². The number of allylic oxidation sites excluding steroid dienone is 2. The first-order valence-electron chi connectivity index (χ1n) is 1.87. The Hall–Kier alpha value is -0.570. The molecule has 8 heavy (non-hydrogen) atoms. The molecular weight excluding hydrogens is 133 g/mol. The Morgan fingerprint density at radius 3 is 2.12 bits per heavy atom. The SMILES string of the molecule is CC(N)=C(F)C(=O)Cl. The summed E-state index contributed by atoms with van der Waals surface area (Å²) >= 11 is 4.67. The van der Waals surface area contributed by atoms with E-state index in [1.807, 2.05) is 0 Å². The van der Waals surface area contributed by atoms with Crippen LogP contribution in [0, 0.1) is 0 Å². The molecule has 0 fully saturated rings. The summed E-state index contributed by atoms with van der Waals surface area (Å²) in [5.74, 6) is -1.08. The average molecular weight is 138 g/mol. The van der Waals surface area contributed by atoms with Gasteiger partial charge < -0.3 is 5.73 Å². The third kappa shape index (κ3) is 1.93. The molecule has 0 saturated carbocycles. The van der Waals surface area contributed by atoms with Crippen LogP contribution in [0.3, 0.4) is 0 Å². The van der Waals surface area contributed by atoms with Crippen molar-refractivity contribution in [2.75, 3.05) is 0 Å². The van der Waals surface area contributed by atoms with E-state index < -0.39 is 11.1 Å². The molecule has 0 unspecified atom stereocenters. The molecule has 0 heterocycles. The molecule has 0 bridgehead atoms. The minimum Gasteiger partial charge on any atom is -0.400 e. The summed E-state index contributed by atoms with van der Waals surface area (Å²) in [6.45, 7) is 1.26. The zero-order chi connectivity index (χ0) is 6.73. The van der Waals surface area contributed by atoms with Crippen molar-refractivity contribution in [3.05, 3.63) is 11.5 Å². The van der Waals surface area contributed by atoms with E-state index >= 15 is 0 Å². The molecule has 0 radical (unpaired) electrons. The highest BCUT2D eigenvalue weighted by Gasteiger charge is 2.05. The van der Waals surface area contributed by atoms with Crippen molar-refractivity contribution in [3.8, 4) is 0 Å². The lowest BCUT2D eigenvalue weighted by atomic mass is 10.4. The van der Waals surface area contributed by atoms with Crippen LogP contribution in [-0.4, -0.2) is 5.24 Å². The van der Waals surface area contributed by atoms with Crippen LogP contribution in [0.1, 0.15) is 6.92 Å². The lowest BCUT2D eigenvalue weighted by Crippen LogP contribution is -1.99. The minimum absolute atomic E-state index is 0.190. The molecule has 0 spiro atoms. The normalized spacial score (nSPS) is 12.9. The van der Waals surface area contributed by atoms with Crippen LogP contribution in [0.4, 0.5) is 4.39 Å². The second kappa shape index (κ2) is 2.67. The summed E-state index contributed by atoms with van der Waals surface area (Å²) in [6, 6.07) is 0. The summed E-state index contributed by atoms with van der Waals surface area (Å²) in [7, 11) is 0. The van der Waals surface area contributed by atoms with Gasteiger partial charge in [0, 0.05) is 5.70 Å². The van der Waals surface area contributed by atoms with Crippen LogP contribution in [-0.2, 0) is 4.79 Å². The van der Waals surface area contributed by atoms with E-state index in [0.29, 0.717) is 0 Å². The van der Waals surface area contributed by atoms with Crippen molar-refractivity contribution in [2.45, 2.75) is 6.92 Å². The van der Waals surface area contributed by atoms with E-state index in [1.54, 1.807) is 0 Å². The summed E-state index contributed by atoms with van der Waals surface area (Å²) in [6.07, 6.45) is 0. The van der Waals surface area contributed by atoms with Gasteiger partial charge >= 0.3 is 0 Å². The van der Waals surface area contributed by atoms with Gasteiger partial charge in [0.2, 0.25) is 5.83 Å². The van der Waals surface area contributed by atoms with Crippen molar-refractivity contribution in [3.63, 3.8) is 0 Å². The number of carbonyl (C=O) groups excluding carboxylic acids is 1. The van der Waals surface area contributed by atoms with Crippen molar-refractivity contribution < 1.29 is 9.18 Å². The molecule has 0 aliphatic heterocycles. The highest BCUT2D eigenvalue weighted by molar-refractivity contribution is 6.67. The molecule has 0 saturated heterocycles. The van der Waals surface area contributed by atoms with Gasteiger partial charge in [-0.2, -0.15) is 4.39 Å². The molecule has 2 N–H and O–H groups in total. The van der Waals surface area contributed by atoms with Gasteiger partial charge in [0.15, 0.2) is 0 Å². The first-order chi connectivity index (χ1) is 3.55. The predicted octanol–water partition coefficient (Wildman–Crippen LogP) is 0.911. The maximum absolute atomic E-state index is 11.9. The summed E-state index contributed by atoms with van der Waals surface area (Å²) in [4.78, 5) is 9.84. The largest absolute Gasteiger partial charge is 0.400 e. The molecule has 46 valence electrons. The van der Waals surface area contributed by atoms with Gasteiger partial charge in [-0.15, -0.1) is 0 Å². The average Bonchev–Trinajstić information content (AvgIpc) is 1.64. The molecular formula is C4H5ClFNO. The first-order valence-corrected chi connectivity index (χ1v) is 2.25. The Kier molecular flexibility index (Phi) is 2.48. The Bertz CT molecular complexity index is 139. The van der Waals surface area contributed by atoms with E-state index in [4.69, 9.17) is 5.73 Å². The molecule has 0 atom stereocenters. The third-order valence-electron chi connectivity index (χ3n) is 0.519. The molecule has 0 amide bonds. The number of rotatable bonds is 1. The summed E-state index contributed by atoms with van der Waals surface area (Å²) < 4.78 is 11.9. The zero-order valence-corrected chi connectivity index (χ0v) is 5.00. The molecule has 2 nitrogen and oxygen atoms in total. The first kappa shape index (κ1) is 7.43. The van der Waals surface area contributed by atoms with Crippen LogP contribution in [0.25, 0.3) is 0 Å². The third-order valence-corrected chi connectivity index (χ3v) is 0.685. The summed E-state index contributed by atoms with van der Waals surface area (Å²) in [5, 5.41) is -1.15. The van der Waals surface area contributed by atoms with Gasteiger partial charge in [-0.05, 0) is 18.5 Å². The zero-order valence-electron chi connectivity index (χ0n) is 4.24. The van der Waals surface area contributed by atoms with E-state index in [1.165, 1.54) is 6.92 Å². The van der Waals surface area contributed by atoms with E-state index in [2.05, 4.69) is 11.6 Å². The topological polar surface area (TPSA) is 43.1 Å².